The van der Waals surface area contributed by atoms with Crippen LogP contribution in [-0.4, -0.2) is 68.9 Å². The quantitative estimate of drug-likeness (QED) is 0.107. The lowest BCUT2D eigenvalue weighted by molar-refractivity contribution is -0.119. The average molecular weight is 704 g/mol. The highest BCUT2D eigenvalue weighted by Crippen LogP contribution is 2.38. The van der Waals surface area contributed by atoms with Crippen LogP contribution in [-0.2, 0) is 22.4 Å². The zero-order valence-electron chi connectivity index (χ0n) is 29.6. The van der Waals surface area contributed by atoms with Crippen molar-refractivity contribution < 1.29 is 19.2 Å². The maximum Gasteiger partial charge on any atom is 0.319 e. The van der Waals surface area contributed by atoms with Crippen molar-refractivity contribution in [3.8, 4) is 0 Å². The second-order valence-electron chi connectivity index (χ2n) is 13.7. The van der Waals surface area contributed by atoms with E-state index in [1.165, 1.54) is 0 Å². The number of hydrogen-bond acceptors (Lipinski definition) is 7. The number of urea groups is 1. The summed E-state index contributed by atoms with van der Waals surface area (Å²) >= 11 is 0. The van der Waals surface area contributed by atoms with Gasteiger partial charge in [0.1, 0.15) is 6.04 Å². The SMILES string of the molecule is NC(=O)C(Cc1ccc2ccccc2c1)NC(=O)Nc1ccc(N2CCCNCC2)c(NC(=O)CCCc2ccccc2)c1C(=O)C1CCNCC1. The number of carbonyl (C=O) groups excluding carboxylic acids is 4. The van der Waals surface area contributed by atoms with Gasteiger partial charge in [-0.1, -0.05) is 72.8 Å². The number of amides is 4. The third-order valence-electron chi connectivity index (χ3n) is 9.95. The molecule has 2 aliphatic heterocycles. The molecule has 0 spiro atoms. The lowest BCUT2D eigenvalue weighted by atomic mass is 9.87. The van der Waals surface area contributed by atoms with Gasteiger partial charge in [0, 0.05) is 38.4 Å². The molecule has 0 bridgehead atoms. The number of hydrogen-bond donors (Lipinski definition) is 6. The molecule has 1 atom stereocenters. The van der Waals surface area contributed by atoms with Crippen LogP contribution in [0.5, 0.6) is 0 Å². The molecule has 6 rings (SSSR count). The summed E-state index contributed by atoms with van der Waals surface area (Å²) in [6.45, 7) is 4.48. The first-order valence-corrected chi connectivity index (χ1v) is 18.4. The second-order valence-corrected chi connectivity index (χ2v) is 13.7. The van der Waals surface area contributed by atoms with Crippen LogP contribution in [0.25, 0.3) is 10.8 Å². The summed E-state index contributed by atoms with van der Waals surface area (Å²) < 4.78 is 0. The van der Waals surface area contributed by atoms with E-state index in [4.69, 9.17) is 5.73 Å². The predicted molar refractivity (Wildman–Crippen MR) is 207 cm³/mol. The highest BCUT2D eigenvalue weighted by atomic mass is 16.2. The molecular weight excluding hydrogens is 654 g/mol. The number of primary amides is 1. The predicted octanol–water partition coefficient (Wildman–Crippen LogP) is 5.00. The number of fused-ring (bicyclic) bond motifs is 1. The van der Waals surface area contributed by atoms with E-state index in [0.717, 1.165) is 60.1 Å². The van der Waals surface area contributed by atoms with Gasteiger partial charge in [-0.05, 0) is 85.8 Å². The summed E-state index contributed by atoms with van der Waals surface area (Å²) in [5.74, 6) is -1.29. The smallest absolute Gasteiger partial charge is 0.319 e. The molecule has 2 aliphatic rings. The van der Waals surface area contributed by atoms with Crippen LogP contribution < -0.4 is 37.2 Å². The fourth-order valence-corrected chi connectivity index (χ4v) is 7.16. The van der Waals surface area contributed by atoms with Crippen LogP contribution in [0.3, 0.4) is 0 Å². The molecule has 52 heavy (non-hydrogen) atoms. The average Bonchev–Trinajstić information content (AvgIpc) is 3.45. The zero-order valence-corrected chi connectivity index (χ0v) is 29.6. The maximum absolute atomic E-state index is 14.5. The summed E-state index contributed by atoms with van der Waals surface area (Å²) in [4.78, 5) is 56.6. The minimum atomic E-state index is -1.00. The van der Waals surface area contributed by atoms with E-state index in [-0.39, 0.29) is 41.7 Å². The Balaban J connectivity index is 1.29. The van der Waals surface area contributed by atoms with E-state index < -0.39 is 18.0 Å². The highest BCUT2D eigenvalue weighted by molar-refractivity contribution is 6.14. The van der Waals surface area contributed by atoms with Crippen molar-refractivity contribution in [2.75, 3.05) is 54.8 Å². The third kappa shape index (κ3) is 9.54. The normalized spacial score (nSPS) is 15.7. The van der Waals surface area contributed by atoms with Crippen LogP contribution in [0.1, 0.15) is 53.6 Å². The molecule has 4 aromatic carbocycles. The highest BCUT2D eigenvalue weighted by Gasteiger charge is 2.31. The van der Waals surface area contributed by atoms with Crippen molar-refractivity contribution >= 4 is 51.5 Å². The molecule has 0 aliphatic carbocycles. The lowest BCUT2D eigenvalue weighted by Gasteiger charge is -2.30. The number of piperidine rings is 1. The molecule has 11 heteroatoms. The standard InChI is InChI=1S/C41H49N7O4/c42-40(51)34(27-29-14-15-30-11-4-5-12-32(30)26-29)46-41(52)45-33-16-17-35(48-24-7-20-43-23-25-48)38(37(33)39(50)31-18-21-44-22-19-31)47-36(49)13-6-10-28-8-2-1-3-9-28/h1-5,8-9,11-12,14-17,26,31,34,43-44H,6-7,10,13,18-25,27H2,(H2,42,51)(H,47,49)(H2,45,46,52). The van der Waals surface area contributed by atoms with Gasteiger partial charge in [0.05, 0.1) is 22.6 Å². The lowest BCUT2D eigenvalue weighted by Crippen LogP contribution is -2.47. The van der Waals surface area contributed by atoms with Crippen molar-refractivity contribution in [3.05, 3.63) is 102 Å². The number of rotatable bonds is 13. The number of Topliss-reactive ketones (excluding diaryl/α,β-unsaturated/α-hetero) is 1. The van der Waals surface area contributed by atoms with Crippen molar-refractivity contribution in [2.24, 2.45) is 11.7 Å². The first-order chi connectivity index (χ1) is 25.4. The third-order valence-corrected chi connectivity index (χ3v) is 9.95. The summed E-state index contributed by atoms with van der Waals surface area (Å²) in [5, 5.41) is 17.6. The first kappa shape index (κ1) is 36.5. The molecule has 4 amide bonds. The minimum absolute atomic E-state index is 0.131. The van der Waals surface area contributed by atoms with Gasteiger partial charge in [-0.15, -0.1) is 0 Å². The Morgan fingerprint density at radius 1 is 0.788 bits per heavy atom. The Bertz CT molecular complexity index is 1870. The molecule has 2 saturated heterocycles. The van der Waals surface area contributed by atoms with Gasteiger partial charge in [0.2, 0.25) is 11.8 Å². The van der Waals surface area contributed by atoms with Crippen LogP contribution in [0, 0.1) is 5.92 Å². The molecule has 2 heterocycles. The number of ketones is 1. The largest absolute Gasteiger partial charge is 0.369 e. The number of carbonyl (C=O) groups is 4. The fourth-order valence-electron chi connectivity index (χ4n) is 7.16. The number of anilines is 3. The minimum Gasteiger partial charge on any atom is -0.369 e. The number of nitrogens with zero attached hydrogens (tertiary/aromatic N) is 1. The molecule has 11 nitrogen and oxygen atoms in total. The first-order valence-electron chi connectivity index (χ1n) is 18.4. The van der Waals surface area contributed by atoms with Gasteiger partial charge in [0.15, 0.2) is 5.78 Å². The van der Waals surface area contributed by atoms with Gasteiger partial charge in [0.25, 0.3) is 0 Å². The molecule has 0 aromatic heterocycles. The van der Waals surface area contributed by atoms with Gasteiger partial charge in [-0.25, -0.2) is 4.79 Å². The Kier molecular flexibility index (Phi) is 12.5. The van der Waals surface area contributed by atoms with E-state index in [2.05, 4.69) is 31.5 Å². The molecule has 4 aromatic rings. The van der Waals surface area contributed by atoms with Crippen LogP contribution in [0.15, 0.2) is 84.9 Å². The summed E-state index contributed by atoms with van der Waals surface area (Å²) in [7, 11) is 0. The molecule has 0 saturated carbocycles. The van der Waals surface area contributed by atoms with Gasteiger partial charge >= 0.3 is 6.03 Å². The van der Waals surface area contributed by atoms with Gasteiger partial charge in [-0.3, -0.25) is 14.4 Å². The molecule has 0 radical (unpaired) electrons. The zero-order chi connectivity index (χ0) is 36.3. The number of benzene rings is 4. The Labute approximate surface area is 305 Å². The molecular formula is C41H49N7O4. The van der Waals surface area contributed by atoms with Crippen molar-refractivity contribution in [3.63, 3.8) is 0 Å². The Morgan fingerprint density at radius 2 is 1.54 bits per heavy atom. The van der Waals surface area contributed by atoms with Crippen molar-refractivity contribution in [1.29, 1.82) is 0 Å². The fraction of sp³-hybridized carbons (Fsp3) is 0.366. The Morgan fingerprint density at radius 3 is 2.33 bits per heavy atom. The van der Waals surface area contributed by atoms with E-state index in [0.29, 0.717) is 44.6 Å². The van der Waals surface area contributed by atoms with Crippen LogP contribution in [0.2, 0.25) is 0 Å². The number of nitrogens with two attached hydrogens (primary N) is 1. The van der Waals surface area contributed by atoms with Crippen molar-refractivity contribution in [2.45, 2.75) is 51.0 Å². The number of aryl methyl sites for hydroxylation is 1. The molecule has 1 unspecified atom stereocenters. The second kappa shape index (κ2) is 17.8. The van der Waals surface area contributed by atoms with Gasteiger partial charge in [-0.2, -0.15) is 0 Å². The van der Waals surface area contributed by atoms with Crippen LogP contribution in [0.4, 0.5) is 21.9 Å². The van der Waals surface area contributed by atoms with E-state index in [1.807, 2.05) is 78.9 Å². The van der Waals surface area contributed by atoms with E-state index in [1.54, 1.807) is 6.07 Å². The Hall–Kier alpha value is -5.26. The molecule has 272 valence electrons. The van der Waals surface area contributed by atoms with Gasteiger partial charge < -0.3 is 37.2 Å². The number of nitrogens with one attached hydrogen (secondary N) is 5. The van der Waals surface area contributed by atoms with Crippen molar-refractivity contribution in [1.82, 2.24) is 16.0 Å². The van der Waals surface area contributed by atoms with E-state index >= 15 is 0 Å². The molecule has 7 N–H and O–H groups in total. The topological polar surface area (TPSA) is 158 Å². The molecule has 2 fully saturated rings. The van der Waals surface area contributed by atoms with E-state index in [9.17, 15) is 19.2 Å². The maximum atomic E-state index is 14.5. The van der Waals surface area contributed by atoms with Crippen LogP contribution >= 0.6 is 0 Å². The summed E-state index contributed by atoms with van der Waals surface area (Å²) in [6, 6.07) is 25.7. The monoisotopic (exact) mass is 703 g/mol. The summed E-state index contributed by atoms with van der Waals surface area (Å²) in [6.07, 6.45) is 4.04. The summed E-state index contributed by atoms with van der Waals surface area (Å²) in [5.41, 5.74) is 9.49.